The summed E-state index contributed by atoms with van der Waals surface area (Å²) in [5, 5.41) is 5.62. The lowest BCUT2D eigenvalue weighted by Gasteiger charge is -2.39. The Morgan fingerprint density at radius 1 is 0.767 bits per heavy atom. The maximum absolute atomic E-state index is 12.4. The maximum Gasteiger partial charge on any atom is 0.407 e. The summed E-state index contributed by atoms with van der Waals surface area (Å²) in [5.41, 5.74) is 0.736. The molecule has 0 aromatic carbocycles. The molecule has 10 heteroatoms. The third kappa shape index (κ3) is 10.6. The summed E-state index contributed by atoms with van der Waals surface area (Å²) in [5.74, 6) is 2.10. The Hall–Kier alpha value is -3.04. The van der Waals surface area contributed by atoms with Gasteiger partial charge in [0, 0.05) is 29.7 Å². The Kier molecular flexibility index (Phi) is 12.9. The van der Waals surface area contributed by atoms with Gasteiger partial charge in [-0.15, -0.1) is 0 Å². The smallest absolute Gasteiger partial charge is 0.407 e. The first-order valence-electron chi connectivity index (χ1n) is 15.9. The Labute approximate surface area is 256 Å². The zero-order chi connectivity index (χ0) is 31.6. The molecule has 5 atom stereocenters. The molecule has 2 bridgehead atoms. The van der Waals surface area contributed by atoms with Crippen molar-refractivity contribution in [2.24, 2.45) is 35.0 Å². The molecule has 242 valence electrons. The normalized spacial score (nSPS) is 27.8. The third-order valence-electron chi connectivity index (χ3n) is 9.38. The first kappa shape index (κ1) is 34.5. The molecule has 10 nitrogen and oxygen atoms in total. The number of unbranched alkanes of at least 4 members (excludes halogenated alkanes) is 2. The van der Waals surface area contributed by atoms with Crippen molar-refractivity contribution in [3.05, 3.63) is 24.3 Å². The second-order valence-electron chi connectivity index (χ2n) is 13.3. The van der Waals surface area contributed by atoms with E-state index in [4.69, 9.17) is 18.9 Å². The van der Waals surface area contributed by atoms with Gasteiger partial charge in [0.25, 0.3) is 0 Å². The maximum atomic E-state index is 12.4. The van der Waals surface area contributed by atoms with Crippen LogP contribution in [0.3, 0.4) is 0 Å². The van der Waals surface area contributed by atoms with Crippen LogP contribution in [0.15, 0.2) is 24.3 Å². The number of hydrogen-bond donors (Lipinski definition) is 2. The van der Waals surface area contributed by atoms with Crippen LogP contribution in [0.2, 0.25) is 0 Å². The predicted molar refractivity (Wildman–Crippen MR) is 162 cm³/mol. The molecule has 2 amide bonds. The Balaban J connectivity index is 1.30. The molecule has 3 fully saturated rings. The molecular formula is C33H52N2O8. The summed E-state index contributed by atoms with van der Waals surface area (Å²) >= 11 is 0. The highest BCUT2D eigenvalue weighted by molar-refractivity contribution is 5.87. The second kappa shape index (κ2) is 16.1. The standard InChI is InChI=1S/C33H52N2O8/c1-21(2)29(36)40-13-9-7-11-34-31(38)42-20-33(6)18-25-15-26(19-33)28-17-24(16-27(25)28)23(5)43-32(39)35-12-8-10-14-41-30(37)22(3)4/h23-28H,1,3,7-20H2,2,4-6H3,(H,34,38)(H,35,39). The van der Waals surface area contributed by atoms with Crippen molar-refractivity contribution < 1.29 is 38.1 Å². The van der Waals surface area contributed by atoms with Crippen molar-refractivity contribution in [2.45, 2.75) is 91.6 Å². The number of carbonyl (C=O) groups is 4. The fraction of sp³-hybridized carbons (Fsp3) is 0.758. The van der Waals surface area contributed by atoms with Gasteiger partial charge < -0.3 is 29.6 Å². The number of alkyl carbamates (subject to hydrolysis) is 2. The minimum Gasteiger partial charge on any atom is -0.462 e. The lowest BCUT2D eigenvalue weighted by molar-refractivity contribution is -0.139. The average molecular weight is 605 g/mol. The van der Waals surface area contributed by atoms with Crippen LogP contribution in [0, 0.1) is 35.0 Å². The van der Waals surface area contributed by atoms with Crippen molar-refractivity contribution in [2.75, 3.05) is 32.9 Å². The van der Waals surface area contributed by atoms with E-state index in [1.807, 2.05) is 6.92 Å². The Morgan fingerprint density at radius 2 is 1.26 bits per heavy atom. The van der Waals surface area contributed by atoms with Crippen LogP contribution in [0.1, 0.15) is 85.5 Å². The van der Waals surface area contributed by atoms with Gasteiger partial charge in [-0.25, -0.2) is 19.2 Å². The SMILES string of the molecule is C=C(C)C(=O)OCCCCNC(=O)OCC1(C)CC2CC(C1)C1CC(C(C)OC(=O)NCCCCOC(=O)C(=C)C)CC21. The molecule has 3 aliphatic rings. The quantitative estimate of drug-likeness (QED) is 0.0993. The fourth-order valence-electron chi connectivity index (χ4n) is 7.30. The highest BCUT2D eigenvalue weighted by atomic mass is 16.6. The lowest BCUT2D eigenvalue weighted by atomic mass is 9.68. The van der Waals surface area contributed by atoms with E-state index in [0.717, 1.165) is 25.7 Å². The van der Waals surface area contributed by atoms with Gasteiger partial charge in [-0.3, -0.25) is 0 Å². The van der Waals surface area contributed by atoms with E-state index in [0.29, 0.717) is 99.3 Å². The number of rotatable bonds is 16. The zero-order valence-electron chi connectivity index (χ0n) is 26.5. The zero-order valence-corrected chi connectivity index (χ0v) is 26.5. The topological polar surface area (TPSA) is 129 Å². The molecule has 0 radical (unpaired) electrons. The number of amides is 2. The van der Waals surface area contributed by atoms with Crippen molar-refractivity contribution >= 4 is 24.1 Å². The van der Waals surface area contributed by atoms with Crippen molar-refractivity contribution in [3.63, 3.8) is 0 Å². The van der Waals surface area contributed by atoms with E-state index in [-0.39, 0.29) is 11.5 Å². The van der Waals surface area contributed by atoms with Gasteiger partial charge in [-0.05, 0) is 108 Å². The lowest BCUT2D eigenvalue weighted by Crippen LogP contribution is -2.36. The monoisotopic (exact) mass is 604 g/mol. The summed E-state index contributed by atoms with van der Waals surface area (Å²) in [4.78, 5) is 47.4. The number of ether oxygens (including phenoxy) is 4. The largest absolute Gasteiger partial charge is 0.462 e. The number of carbonyl (C=O) groups excluding carboxylic acids is 4. The Morgan fingerprint density at radius 3 is 1.74 bits per heavy atom. The number of fused-ring (bicyclic) bond motifs is 5. The molecular weight excluding hydrogens is 552 g/mol. The second-order valence-corrected chi connectivity index (χ2v) is 13.3. The van der Waals surface area contributed by atoms with Gasteiger partial charge in [-0.1, -0.05) is 20.1 Å². The van der Waals surface area contributed by atoms with Crippen molar-refractivity contribution in [1.82, 2.24) is 10.6 Å². The minimum atomic E-state index is -0.395. The molecule has 0 aromatic heterocycles. The van der Waals surface area contributed by atoms with E-state index in [1.165, 1.54) is 6.42 Å². The van der Waals surface area contributed by atoms with Crippen LogP contribution >= 0.6 is 0 Å². The van der Waals surface area contributed by atoms with E-state index in [9.17, 15) is 19.2 Å². The minimum absolute atomic E-state index is 0.0215. The molecule has 0 spiro atoms. The summed E-state index contributed by atoms with van der Waals surface area (Å²) in [6.07, 6.45) is 7.30. The van der Waals surface area contributed by atoms with Gasteiger partial charge in [0.15, 0.2) is 0 Å². The van der Waals surface area contributed by atoms with Crippen molar-refractivity contribution in [1.29, 1.82) is 0 Å². The molecule has 0 saturated heterocycles. The van der Waals surface area contributed by atoms with Gasteiger partial charge in [-0.2, -0.15) is 0 Å². The summed E-state index contributed by atoms with van der Waals surface area (Å²) in [6, 6.07) is 0. The van der Waals surface area contributed by atoms with Crippen molar-refractivity contribution in [3.8, 4) is 0 Å². The molecule has 5 unspecified atom stereocenters. The third-order valence-corrected chi connectivity index (χ3v) is 9.38. The summed E-state index contributed by atoms with van der Waals surface area (Å²) < 4.78 is 21.5. The molecule has 0 heterocycles. The molecule has 2 N–H and O–H groups in total. The fourth-order valence-corrected chi connectivity index (χ4v) is 7.30. The van der Waals surface area contributed by atoms with Gasteiger partial charge in [0.1, 0.15) is 6.10 Å². The highest BCUT2D eigenvalue weighted by Crippen LogP contribution is 2.62. The van der Waals surface area contributed by atoms with Crippen LogP contribution in [0.4, 0.5) is 9.59 Å². The van der Waals surface area contributed by atoms with E-state index in [2.05, 4.69) is 30.7 Å². The van der Waals surface area contributed by atoms with Crippen LogP contribution in [0.5, 0.6) is 0 Å². The first-order valence-corrected chi connectivity index (χ1v) is 15.9. The van der Waals surface area contributed by atoms with Crippen LogP contribution in [-0.2, 0) is 28.5 Å². The molecule has 43 heavy (non-hydrogen) atoms. The number of nitrogens with one attached hydrogen (secondary N) is 2. The summed E-state index contributed by atoms with van der Waals surface area (Å²) in [7, 11) is 0. The van der Waals surface area contributed by atoms with E-state index in [1.54, 1.807) is 13.8 Å². The van der Waals surface area contributed by atoms with E-state index < -0.39 is 24.1 Å². The molecule has 0 aromatic rings. The molecule has 0 aliphatic heterocycles. The molecule has 3 rings (SSSR count). The molecule has 3 aliphatic carbocycles. The predicted octanol–water partition coefficient (Wildman–Crippen LogP) is 5.70. The van der Waals surface area contributed by atoms with Crippen LogP contribution in [0.25, 0.3) is 0 Å². The van der Waals surface area contributed by atoms with Gasteiger partial charge >= 0.3 is 24.1 Å². The average Bonchev–Trinajstić information content (AvgIpc) is 3.50. The molecule has 3 saturated carbocycles. The highest BCUT2D eigenvalue weighted by Gasteiger charge is 2.55. The first-order chi connectivity index (χ1) is 20.4. The number of esters is 2. The number of hydrogen-bond acceptors (Lipinski definition) is 8. The van der Waals surface area contributed by atoms with Crippen LogP contribution in [-0.4, -0.2) is 63.1 Å². The summed E-state index contributed by atoms with van der Waals surface area (Å²) in [6.45, 7) is 16.6. The van der Waals surface area contributed by atoms with Crippen LogP contribution < -0.4 is 10.6 Å². The van der Waals surface area contributed by atoms with Gasteiger partial charge in [0.2, 0.25) is 0 Å². The Bertz CT molecular complexity index is 1010. The van der Waals surface area contributed by atoms with E-state index >= 15 is 0 Å². The van der Waals surface area contributed by atoms with Gasteiger partial charge in [0.05, 0.1) is 19.8 Å².